The molecule has 1 saturated heterocycles. The average Bonchev–Trinajstić information content (AvgIpc) is 2.68. The lowest BCUT2D eigenvalue weighted by molar-refractivity contribution is -0.142. The van der Waals surface area contributed by atoms with E-state index in [0.717, 1.165) is 11.3 Å². The SMILES string of the molecule is COc1ccc(C(C)C)cc1C1CC(N)C(=O)O1. The largest absolute Gasteiger partial charge is 0.496 e. The second-order valence-corrected chi connectivity index (χ2v) is 4.92. The molecule has 98 valence electrons. The zero-order chi connectivity index (χ0) is 13.3. The summed E-state index contributed by atoms with van der Waals surface area (Å²) in [5, 5.41) is 0. The van der Waals surface area contributed by atoms with Gasteiger partial charge in [0.1, 0.15) is 17.9 Å². The number of carbonyl (C=O) groups excluding carboxylic acids is 1. The smallest absolute Gasteiger partial charge is 0.323 e. The Balaban J connectivity index is 2.35. The quantitative estimate of drug-likeness (QED) is 0.834. The van der Waals surface area contributed by atoms with E-state index in [1.54, 1.807) is 7.11 Å². The van der Waals surface area contributed by atoms with Gasteiger partial charge >= 0.3 is 5.97 Å². The van der Waals surface area contributed by atoms with E-state index in [1.807, 2.05) is 18.2 Å². The van der Waals surface area contributed by atoms with Gasteiger partial charge < -0.3 is 15.2 Å². The molecule has 4 nitrogen and oxygen atoms in total. The zero-order valence-electron chi connectivity index (χ0n) is 11.0. The van der Waals surface area contributed by atoms with E-state index >= 15 is 0 Å². The molecule has 1 aromatic carbocycles. The Kier molecular flexibility index (Phi) is 3.57. The summed E-state index contributed by atoms with van der Waals surface area (Å²) in [5.74, 6) is 0.823. The van der Waals surface area contributed by atoms with Gasteiger partial charge in [-0.3, -0.25) is 4.79 Å². The van der Waals surface area contributed by atoms with Gasteiger partial charge in [0.25, 0.3) is 0 Å². The first kappa shape index (κ1) is 12.9. The Bertz CT molecular complexity index is 456. The molecule has 2 rings (SSSR count). The van der Waals surface area contributed by atoms with E-state index in [2.05, 4.69) is 13.8 Å². The van der Waals surface area contributed by atoms with Crippen molar-refractivity contribution in [3.63, 3.8) is 0 Å². The van der Waals surface area contributed by atoms with Crippen LogP contribution in [-0.2, 0) is 9.53 Å². The summed E-state index contributed by atoms with van der Waals surface area (Å²) in [6.07, 6.45) is 0.220. The summed E-state index contributed by atoms with van der Waals surface area (Å²) < 4.78 is 10.6. The minimum Gasteiger partial charge on any atom is -0.496 e. The molecule has 0 bridgehead atoms. The highest BCUT2D eigenvalue weighted by Crippen LogP contribution is 2.36. The Labute approximate surface area is 107 Å². The number of methoxy groups -OCH3 is 1. The lowest BCUT2D eigenvalue weighted by Crippen LogP contribution is -2.24. The Hall–Kier alpha value is -1.55. The van der Waals surface area contributed by atoms with Crippen LogP contribution in [0.2, 0.25) is 0 Å². The molecular formula is C14H19NO3. The van der Waals surface area contributed by atoms with Gasteiger partial charge in [0.05, 0.1) is 7.11 Å². The third kappa shape index (κ3) is 2.34. The van der Waals surface area contributed by atoms with Gasteiger partial charge in [0, 0.05) is 12.0 Å². The van der Waals surface area contributed by atoms with Gasteiger partial charge in [-0.05, 0) is 23.6 Å². The molecule has 0 aromatic heterocycles. The van der Waals surface area contributed by atoms with Crippen LogP contribution in [0.4, 0.5) is 0 Å². The fraction of sp³-hybridized carbons (Fsp3) is 0.500. The van der Waals surface area contributed by atoms with E-state index in [-0.39, 0.29) is 12.1 Å². The van der Waals surface area contributed by atoms with Gasteiger partial charge in [0.2, 0.25) is 0 Å². The lowest BCUT2D eigenvalue weighted by atomic mass is 9.96. The van der Waals surface area contributed by atoms with Gasteiger partial charge in [-0.25, -0.2) is 0 Å². The molecule has 1 aliphatic heterocycles. The molecule has 1 aliphatic rings. The number of benzene rings is 1. The lowest BCUT2D eigenvalue weighted by Gasteiger charge is -2.16. The average molecular weight is 249 g/mol. The van der Waals surface area contributed by atoms with Crippen LogP contribution in [0.5, 0.6) is 5.75 Å². The predicted molar refractivity (Wildman–Crippen MR) is 68.5 cm³/mol. The van der Waals surface area contributed by atoms with Crippen molar-refractivity contribution in [1.82, 2.24) is 0 Å². The number of rotatable bonds is 3. The van der Waals surface area contributed by atoms with Crippen LogP contribution in [0.15, 0.2) is 18.2 Å². The Morgan fingerprint density at radius 3 is 2.67 bits per heavy atom. The van der Waals surface area contributed by atoms with E-state index in [0.29, 0.717) is 12.3 Å². The van der Waals surface area contributed by atoms with Crippen molar-refractivity contribution in [2.45, 2.75) is 38.3 Å². The number of hydrogen-bond donors (Lipinski definition) is 1. The van der Waals surface area contributed by atoms with Gasteiger partial charge in [-0.15, -0.1) is 0 Å². The van der Waals surface area contributed by atoms with Gasteiger partial charge in [0.15, 0.2) is 0 Å². The molecule has 4 heteroatoms. The highest BCUT2D eigenvalue weighted by atomic mass is 16.6. The minimum absolute atomic E-state index is 0.291. The molecule has 0 radical (unpaired) electrons. The first-order valence-electron chi connectivity index (χ1n) is 6.16. The van der Waals surface area contributed by atoms with Crippen LogP contribution >= 0.6 is 0 Å². The Morgan fingerprint density at radius 1 is 1.44 bits per heavy atom. The minimum atomic E-state index is -0.526. The fourth-order valence-electron chi connectivity index (χ4n) is 2.16. The summed E-state index contributed by atoms with van der Waals surface area (Å²) in [4.78, 5) is 11.4. The molecule has 0 spiro atoms. The third-order valence-electron chi connectivity index (χ3n) is 3.30. The number of ether oxygens (including phenoxy) is 2. The maximum absolute atomic E-state index is 11.4. The number of nitrogens with two attached hydrogens (primary N) is 1. The van der Waals surface area contributed by atoms with Crippen LogP contribution < -0.4 is 10.5 Å². The van der Waals surface area contributed by atoms with E-state index in [1.165, 1.54) is 5.56 Å². The van der Waals surface area contributed by atoms with Crippen molar-refractivity contribution < 1.29 is 14.3 Å². The second kappa shape index (κ2) is 4.98. The van der Waals surface area contributed by atoms with Crippen LogP contribution in [0.25, 0.3) is 0 Å². The third-order valence-corrected chi connectivity index (χ3v) is 3.30. The standard InChI is InChI=1S/C14H19NO3/c1-8(2)9-4-5-12(17-3)10(6-9)13-7-11(15)14(16)18-13/h4-6,8,11,13H,7,15H2,1-3H3. The van der Waals surface area contributed by atoms with E-state index < -0.39 is 6.04 Å². The number of cyclic esters (lactones) is 1. The summed E-state index contributed by atoms with van der Waals surface area (Å²) in [6.45, 7) is 4.25. The van der Waals surface area contributed by atoms with Crippen molar-refractivity contribution in [2.75, 3.05) is 7.11 Å². The highest BCUT2D eigenvalue weighted by molar-refractivity contribution is 5.78. The topological polar surface area (TPSA) is 61.5 Å². The Morgan fingerprint density at radius 2 is 2.17 bits per heavy atom. The first-order valence-corrected chi connectivity index (χ1v) is 6.16. The van der Waals surface area contributed by atoms with Crippen molar-refractivity contribution in [1.29, 1.82) is 0 Å². The molecule has 0 amide bonds. The molecule has 2 unspecified atom stereocenters. The second-order valence-electron chi connectivity index (χ2n) is 4.92. The predicted octanol–water partition coefficient (Wildman–Crippen LogP) is 2.13. The number of hydrogen-bond acceptors (Lipinski definition) is 4. The fourth-order valence-corrected chi connectivity index (χ4v) is 2.16. The summed E-state index contributed by atoms with van der Waals surface area (Å²) >= 11 is 0. The number of carbonyl (C=O) groups is 1. The summed E-state index contributed by atoms with van der Waals surface area (Å²) in [6, 6.07) is 5.47. The zero-order valence-corrected chi connectivity index (χ0v) is 11.0. The van der Waals surface area contributed by atoms with Crippen LogP contribution in [-0.4, -0.2) is 19.1 Å². The summed E-state index contributed by atoms with van der Waals surface area (Å²) in [5.41, 5.74) is 7.78. The maximum atomic E-state index is 11.4. The molecule has 2 atom stereocenters. The molecule has 2 N–H and O–H groups in total. The normalized spacial score (nSPS) is 23.3. The van der Waals surface area contributed by atoms with Crippen LogP contribution in [0.1, 0.15) is 43.4 Å². The van der Waals surface area contributed by atoms with Crippen molar-refractivity contribution >= 4 is 5.97 Å². The highest BCUT2D eigenvalue weighted by Gasteiger charge is 2.34. The summed E-state index contributed by atoms with van der Waals surface area (Å²) in [7, 11) is 1.62. The van der Waals surface area contributed by atoms with Crippen molar-refractivity contribution in [3.8, 4) is 5.75 Å². The van der Waals surface area contributed by atoms with Crippen LogP contribution in [0.3, 0.4) is 0 Å². The first-order chi connectivity index (χ1) is 8.52. The monoisotopic (exact) mass is 249 g/mol. The number of esters is 1. The van der Waals surface area contributed by atoms with Gasteiger partial charge in [-0.2, -0.15) is 0 Å². The van der Waals surface area contributed by atoms with Crippen molar-refractivity contribution in [2.24, 2.45) is 5.73 Å². The molecular weight excluding hydrogens is 230 g/mol. The van der Waals surface area contributed by atoms with Gasteiger partial charge in [-0.1, -0.05) is 19.9 Å². The maximum Gasteiger partial charge on any atom is 0.323 e. The van der Waals surface area contributed by atoms with E-state index in [9.17, 15) is 4.79 Å². The molecule has 0 aliphatic carbocycles. The molecule has 1 heterocycles. The van der Waals surface area contributed by atoms with Crippen LogP contribution in [0, 0.1) is 0 Å². The van der Waals surface area contributed by atoms with Crippen molar-refractivity contribution in [3.05, 3.63) is 29.3 Å². The molecule has 0 saturated carbocycles. The van der Waals surface area contributed by atoms with E-state index in [4.69, 9.17) is 15.2 Å². The molecule has 1 aromatic rings. The molecule has 1 fully saturated rings. The molecule has 18 heavy (non-hydrogen) atoms.